The van der Waals surface area contributed by atoms with Crippen molar-refractivity contribution in [1.82, 2.24) is 0 Å². The molecule has 0 aliphatic rings. The first-order valence-corrected chi connectivity index (χ1v) is 6.52. The highest BCUT2D eigenvalue weighted by atomic mass is 79.9. The van der Waals surface area contributed by atoms with Gasteiger partial charge in [0.25, 0.3) is 0 Å². The highest BCUT2D eigenvalue weighted by Gasteiger charge is 2.04. The topological polar surface area (TPSA) is 0 Å². The van der Waals surface area contributed by atoms with E-state index in [1.807, 2.05) is 24.3 Å². The van der Waals surface area contributed by atoms with Gasteiger partial charge in [0, 0.05) is 25.7 Å². The zero-order valence-corrected chi connectivity index (χ0v) is 10.5. The van der Waals surface area contributed by atoms with Crippen molar-refractivity contribution >= 4 is 38.9 Å². The standard InChI is InChI=1S/C11H8BrClS/c12-7-8-5-6-11(14-8)9-3-1-2-4-10(9)13/h1-6H,7H2. The molecule has 0 bridgehead atoms. The molecule has 2 rings (SSSR count). The van der Waals surface area contributed by atoms with Crippen LogP contribution in [0.5, 0.6) is 0 Å². The minimum absolute atomic E-state index is 0.815. The van der Waals surface area contributed by atoms with Crippen molar-refractivity contribution in [3.63, 3.8) is 0 Å². The van der Waals surface area contributed by atoms with Crippen LogP contribution in [-0.2, 0) is 5.33 Å². The van der Waals surface area contributed by atoms with Crippen LogP contribution in [0.2, 0.25) is 5.02 Å². The Morgan fingerprint density at radius 2 is 1.93 bits per heavy atom. The van der Waals surface area contributed by atoms with Gasteiger partial charge in [-0.3, -0.25) is 0 Å². The third kappa shape index (κ3) is 2.02. The Morgan fingerprint density at radius 1 is 1.14 bits per heavy atom. The van der Waals surface area contributed by atoms with E-state index in [0.29, 0.717) is 0 Å². The normalized spacial score (nSPS) is 10.4. The fraction of sp³-hybridized carbons (Fsp3) is 0.0909. The van der Waals surface area contributed by atoms with Crippen molar-refractivity contribution in [2.45, 2.75) is 5.33 Å². The maximum Gasteiger partial charge on any atom is 0.0492 e. The van der Waals surface area contributed by atoms with E-state index in [4.69, 9.17) is 11.6 Å². The Kier molecular flexibility index (Phi) is 3.26. The van der Waals surface area contributed by atoms with Crippen LogP contribution in [0.4, 0.5) is 0 Å². The van der Waals surface area contributed by atoms with Crippen LogP contribution in [-0.4, -0.2) is 0 Å². The Bertz CT molecular complexity index is 436. The highest BCUT2D eigenvalue weighted by Crippen LogP contribution is 2.33. The molecule has 2 aromatic rings. The summed E-state index contributed by atoms with van der Waals surface area (Å²) in [7, 11) is 0. The summed E-state index contributed by atoms with van der Waals surface area (Å²) in [4.78, 5) is 2.55. The van der Waals surface area contributed by atoms with Crippen LogP contribution < -0.4 is 0 Å². The van der Waals surface area contributed by atoms with Gasteiger partial charge in [0.1, 0.15) is 0 Å². The summed E-state index contributed by atoms with van der Waals surface area (Å²) < 4.78 is 0. The lowest BCUT2D eigenvalue weighted by Crippen LogP contribution is -1.72. The number of alkyl halides is 1. The number of thiophene rings is 1. The predicted octanol–water partition coefficient (Wildman–Crippen LogP) is 4.96. The van der Waals surface area contributed by atoms with Crippen LogP contribution in [0.25, 0.3) is 10.4 Å². The van der Waals surface area contributed by atoms with Crippen molar-refractivity contribution < 1.29 is 0 Å². The van der Waals surface area contributed by atoms with Gasteiger partial charge in [-0.2, -0.15) is 0 Å². The molecule has 1 heterocycles. The predicted molar refractivity (Wildman–Crippen MR) is 67.4 cm³/mol. The monoisotopic (exact) mass is 286 g/mol. The smallest absolute Gasteiger partial charge is 0.0492 e. The van der Waals surface area contributed by atoms with Crippen molar-refractivity contribution in [2.24, 2.45) is 0 Å². The lowest BCUT2D eigenvalue weighted by Gasteiger charge is -1.99. The van der Waals surface area contributed by atoms with E-state index in [1.54, 1.807) is 11.3 Å². The lowest BCUT2D eigenvalue weighted by atomic mass is 10.2. The first-order chi connectivity index (χ1) is 6.81. The Labute approximate surface area is 101 Å². The molecule has 1 aromatic carbocycles. The quantitative estimate of drug-likeness (QED) is 0.685. The molecule has 14 heavy (non-hydrogen) atoms. The van der Waals surface area contributed by atoms with Crippen molar-refractivity contribution in [3.8, 4) is 10.4 Å². The van der Waals surface area contributed by atoms with E-state index < -0.39 is 0 Å². The van der Waals surface area contributed by atoms with E-state index >= 15 is 0 Å². The molecule has 0 aliphatic heterocycles. The Hall–Kier alpha value is -0.310. The van der Waals surface area contributed by atoms with Gasteiger partial charge in [0.15, 0.2) is 0 Å². The number of hydrogen-bond donors (Lipinski definition) is 0. The van der Waals surface area contributed by atoms with Gasteiger partial charge in [-0.15, -0.1) is 11.3 Å². The Morgan fingerprint density at radius 3 is 2.57 bits per heavy atom. The van der Waals surface area contributed by atoms with E-state index in [2.05, 4.69) is 28.1 Å². The van der Waals surface area contributed by atoms with Gasteiger partial charge in [0.2, 0.25) is 0 Å². The molecule has 3 heteroatoms. The third-order valence-corrected chi connectivity index (χ3v) is 4.36. The molecule has 0 unspecified atom stereocenters. The third-order valence-electron chi connectivity index (χ3n) is 1.93. The summed E-state index contributed by atoms with van der Waals surface area (Å²) in [5.74, 6) is 0. The average molecular weight is 288 g/mol. The largest absolute Gasteiger partial charge is 0.139 e. The highest BCUT2D eigenvalue weighted by molar-refractivity contribution is 9.08. The molecule has 0 saturated heterocycles. The molecular formula is C11H8BrClS. The van der Waals surface area contributed by atoms with Crippen LogP contribution in [0.1, 0.15) is 4.88 Å². The van der Waals surface area contributed by atoms with Gasteiger partial charge >= 0.3 is 0 Å². The SMILES string of the molecule is Clc1ccccc1-c1ccc(CBr)s1. The van der Waals surface area contributed by atoms with E-state index in [-0.39, 0.29) is 0 Å². The maximum absolute atomic E-state index is 6.11. The molecule has 72 valence electrons. The van der Waals surface area contributed by atoms with E-state index in [1.165, 1.54) is 9.75 Å². The van der Waals surface area contributed by atoms with E-state index in [0.717, 1.165) is 15.9 Å². The molecule has 0 amide bonds. The summed E-state index contributed by atoms with van der Waals surface area (Å²) in [6, 6.07) is 12.2. The number of rotatable bonds is 2. The second-order valence-electron chi connectivity index (χ2n) is 2.88. The summed E-state index contributed by atoms with van der Waals surface area (Å²) in [6.07, 6.45) is 0. The molecule has 0 atom stereocenters. The molecule has 0 N–H and O–H groups in total. The zero-order valence-electron chi connectivity index (χ0n) is 7.34. The first-order valence-electron chi connectivity index (χ1n) is 4.21. The van der Waals surface area contributed by atoms with Crippen molar-refractivity contribution in [2.75, 3.05) is 0 Å². The Balaban J connectivity index is 2.44. The van der Waals surface area contributed by atoms with Gasteiger partial charge in [-0.1, -0.05) is 45.7 Å². The molecule has 0 fully saturated rings. The summed E-state index contributed by atoms with van der Waals surface area (Å²) in [6.45, 7) is 0. The molecule has 0 spiro atoms. The fourth-order valence-corrected chi connectivity index (χ4v) is 2.98. The molecule has 0 aliphatic carbocycles. The molecule has 0 radical (unpaired) electrons. The van der Waals surface area contributed by atoms with Gasteiger partial charge in [0.05, 0.1) is 0 Å². The van der Waals surface area contributed by atoms with Crippen LogP contribution in [0.15, 0.2) is 36.4 Å². The minimum atomic E-state index is 0.815. The van der Waals surface area contributed by atoms with Crippen molar-refractivity contribution in [3.05, 3.63) is 46.3 Å². The second kappa shape index (κ2) is 4.47. The van der Waals surface area contributed by atoms with Crippen LogP contribution in [0.3, 0.4) is 0 Å². The van der Waals surface area contributed by atoms with Crippen molar-refractivity contribution in [1.29, 1.82) is 0 Å². The first kappa shape index (κ1) is 10.2. The zero-order chi connectivity index (χ0) is 9.97. The van der Waals surface area contributed by atoms with E-state index in [9.17, 15) is 0 Å². The molecule has 0 saturated carbocycles. The maximum atomic E-state index is 6.11. The van der Waals surface area contributed by atoms with Crippen LogP contribution >= 0.6 is 38.9 Å². The number of halogens is 2. The lowest BCUT2D eigenvalue weighted by molar-refractivity contribution is 1.59. The second-order valence-corrected chi connectivity index (χ2v) is 5.02. The van der Waals surface area contributed by atoms with Gasteiger partial charge < -0.3 is 0 Å². The van der Waals surface area contributed by atoms with Gasteiger partial charge in [-0.05, 0) is 18.2 Å². The summed E-state index contributed by atoms with van der Waals surface area (Å²) in [5.41, 5.74) is 1.12. The van der Waals surface area contributed by atoms with Crippen LogP contribution in [0, 0.1) is 0 Å². The molecular weight excluding hydrogens is 280 g/mol. The van der Waals surface area contributed by atoms with Gasteiger partial charge in [-0.25, -0.2) is 0 Å². The minimum Gasteiger partial charge on any atom is -0.139 e. The summed E-state index contributed by atoms with van der Waals surface area (Å²) >= 11 is 11.3. The molecule has 1 aromatic heterocycles. The fourth-order valence-electron chi connectivity index (χ4n) is 1.26. The average Bonchev–Trinajstić information content (AvgIpc) is 2.67. The molecule has 0 nitrogen and oxygen atoms in total. The summed E-state index contributed by atoms with van der Waals surface area (Å²) in [5, 5.41) is 1.72. The number of hydrogen-bond acceptors (Lipinski definition) is 1. The number of benzene rings is 1.